The van der Waals surface area contributed by atoms with E-state index in [1.54, 1.807) is 0 Å². The van der Waals surface area contributed by atoms with Gasteiger partial charge in [-0.2, -0.15) is 0 Å². The highest BCUT2D eigenvalue weighted by Crippen LogP contribution is 2.28. The van der Waals surface area contributed by atoms with Crippen LogP contribution in [0.3, 0.4) is 0 Å². The van der Waals surface area contributed by atoms with Crippen LogP contribution in [0.15, 0.2) is 0 Å². The molecule has 1 aliphatic carbocycles. The second kappa shape index (κ2) is 6.41. The van der Waals surface area contributed by atoms with Gasteiger partial charge in [0.05, 0.1) is 0 Å². The fourth-order valence-electron chi connectivity index (χ4n) is 2.69. The predicted molar refractivity (Wildman–Crippen MR) is 62.3 cm³/mol. The fourth-order valence-corrected chi connectivity index (χ4v) is 2.69. The molecule has 0 bridgehead atoms. The van der Waals surface area contributed by atoms with Crippen LogP contribution in [-0.4, -0.2) is 19.1 Å². The van der Waals surface area contributed by atoms with Crippen molar-refractivity contribution in [3.63, 3.8) is 0 Å². The van der Waals surface area contributed by atoms with Crippen LogP contribution < -0.4 is 11.1 Å². The lowest BCUT2D eigenvalue weighted by Gasteiger charge is -2.32. The molecule has 84 valence electrons. The summed E-state index contributed by atoms with van der Waals surface area (Å²) in [7, 11) is 0. The van der Waals surface area contributed by atoms with E-state index in [0.29, 0.717) is 0 Å². The van der Waals surface area contributed by atoms with Gasteiger partial charge in [0.1, 0.15) is 0 Å². The monoisotopic (exact) mass is 198 g/mol. The number of hydrogen-bond acceptors (Lipinski definition) is 2. The Morgan fingerprint density at radius 2 is 1.71 bits per heavy atom. The predicted octanol–water partition coefficient (Wildman–Crippen LogP) is 2.14. The second-order valence-electron chi connectivity index (χ2n) is 5.06. The van der Waals surface area contributed by atoms with Crippen LogP contribution in [0.25, 0.3) is 0 Å². The van der Waals surface area contributed by atoms with Crippen molar-refractivity contribution in [3.05, 3.63) is 0 Å². The quantitative estimate of drug-likeness (QED) is 0.664. The largest absolute Gasteiger partial charge is 0.330 e. The van der Waals surface area contributed by atoms with Crippen LogP contribution in [0.4, 0.5) is 0 Å². The third-order valence-corrected chi connectivity index (χ3v) is 3.24. The van der Waals surface area contributed by atoms with Crippen LogP contribution >= 0.6 is 0 Å². The summed E-state index contributed by atoms with van der Waals surface area (Å²) < 4.78 is 0. The molecule has 0 amide bonds. The van der Waals surface area contributed by atoms with E-state index in [2.05, 4.69) is 19.2 Å². The lowest BCUT2D eigenvalue weighted by molar-refractivity contribution is 0.239. The van der Waals surface area contributed by atoms with Crippen molar-refractivity contribution in [3.8, 4) is 0 Å². The zero-order valence-corrected chi connectivity index (χ0v) is 9.76. The van der Waals surface area contributed by atoms with Gasteiger partial charge in [0, 0.05) is 6.04 Å². The Bertz CT molecular complexity index is 137. The van der Waals surface area contributed by atoms with Crippen molar-refractivity contribution in [2.24, 2.45) is 17.6 Å². The molecule has 1 saturated carbocycles. The molecule has 1 aliphatic rings. The molecule has 0 aromatic carbocycles. The molecule has 0 saturated heterocycles. The molecule has 2 atom stereocenters. The molecule has 0 aromatic rings. The first-order valence-electron chi connectivity index (χ1n) is 6.15. The van der Waals surface area contributed by atoms with E-state index in [0.717, 1.165) is 37.4 Å². The molecule has 0 radical (unpaired) electrons. The number of hydrogen-bond donors (Lipinski definition) is 2. The molecule has 2 heteroatoms. The zero-order chi connectivity index (χ0) is 10.4. The Hall–Kier alpha value is -0.0800. The summed E-state index contributed by atoms with van der Waals surface area (Å²) in [5.74, 6) is 1.82. The maximum atomic E-state index is 5.46. The number of rotatable bonds is 5. The molecule has 2 nitrogen and oxygen atoms in total. The van der Waals surface area contributed by atoms with Gasteiger partial charge in [0.15, 0.2) is 0 Å². The lowest BCUT2D eigenvalue weighted by atomic mass is 9.80. The van der Waals surface area contributed by atoms with Gasteiger partial charge in [0.2, 0.25) is 0 Å². The van der Waals surface area contributed by atoms with Crippen LogP contribution in [-0.2, 0) is 0 Å². The van der Waals surface area contributed by atoms with Crippen LogP contribution in [0.2, 0.25) is 0 Å². The topological polar surface area (TPSA) is 38.0 Å². The SMILES string of the molecule is CC1CC(C)CC(NCCCCN)C1. The maximum Gasteiger partial charge on any atom is 0.00721 e. The Morgan fingerprint density at radius 3 is 2.29 bits per heavy atom. The fraction of sp³-hybridized carbons (Fsp3) is 1.00. The van der Waals surface area contributed by atoms with Crippen LogP contribution in [0.5, 0.6) is 0 Å². The molecular formula is C12H26N2. The molecule has 3 N–H and O–H groups in total. The number of nitrogens with one attached hydrogen (secondary N) is 1. The minimum absolute atomic E-state index is 0.770. The summed E-state index contributed by atoms with van der Waals surface area (Å²) in [4.78, 5) is 0. The van der Waals surface area contributed by atoms with Crippen LogP contribution in [0, 0.1) is 11.8 Å². The van der Waals surface area contributed by atoms with E-state index in [4.69, 9.17) is 5.73 Å². The Balaban J connectivity index is 2.10. The summed E-state index contributed by atoms with van der Waals surface area (Å²) in [6.07, 6.45) is 6.54. The first-order chi connectivity index (χ1) is 6.72. The zero-order valence-electron chi connectivity index (χ0n) is 9.76. The average molecular weight is 198 g/mol. The summed E-state index contributed by atoms with van der Waals surface area (Å²) in [6, 6.07) is 0.770. The molecule has 1 rings (SSSR count). The van der Waals surface area contributed by atoms with Gasteiger partial charge in [-0.05, 0) is 57.0 Å². The molecule has 0 heterocycles. The average Bonchev–Trinajstić information content (AvgIpc) is 2.11. The van der Waals surface area contributed by atoms with Crippen molar-refractivity contribution < 1.29 is 0 Å². The molecule has 0 aliphatic heterocycles. The van der Waals surface area contributed by atoms with Gasteiger partial charge in [-0.3, -0.25) is 0 Å². The smallest absolute Gasteiger partial charge is 0.00721 e. The van der Waals surface area contributed by atoms with E-state index < -0.39 is 0 Å². The number of unbranched alkanes of at least 4 members (excludes halogenated alkanes) is 1. The third kappa shape index (κ3) is 4.43. The van der Waals surface area contributed by atoms with E-state index in [-0.39, 0.29) is 0 Å². The molecular weight excluding hydrogens is 172 g/mol. The van der Waals surface area contributed by atoms with Gasteiger partial charge in [-0.1, -0.05) is 13.8 Å². The summed E-state index contributed by atoms with van der Waals surface area (Å²) in [5, 5.41) is 3.66. The Morgan fingerprint density at radius 1 is 1.07 bits per heavy atom. The molecule has 2 unspecified atom stereocenters. The van der Waals surface area contributed by atoms with E-state index >= 15 is 0 Å². The van der Waals surface area contributed by atoms with E-state index in [9.17, 15) is 0 Å². The first-order valence-corrected chi connectivity index (χ1v) is 6.15. The van der Waals surface area contributed by atoms with Gasteiger partial charge < -0.3 is 11.1 Å². The minimum atomic E-state index is 0.770. The van der Waals surface area contributed by atoms with Crippen molar-refractivity contribution in [1.82, 2.24) is 5.32 Å². The summed E-state index contributed by atoms with van der Waals surface area (Å²) in [6.45, 7) is 6.74. The maximum absolute atomic E-state index is 5.46. The van der Waals surface area contributed by atoms with Crippen LogP contribution in [0.1, 0.15) is 46.0 Å². The van der Waals surface area contributed by atoms with Gasteiger partial charge in [-0.25, -0.2) is 0 Å². The van der Waals surface area contributed by atoms with Crippen molar-refractivity contribution in [2.75, 3.05) is 13.1 Å². The van der Waals surface area contributed by atoms with Gasteiger partial charge >= 0.3 is 0 Å². The molecule has 0 spiro atoms. The highest BCUT2D eigenvalue weighted by Gasteiger charge is 2.22. The van der Waals surface area contributed by atoms with Crippen molar-refractivity contribution in [2.45, 2.75) is 52.0 Å². The molecule has 0 aromatic heterocycles. The van der Waals surface area contributed by atoms with Crippen molar-refractivity contribution >= 4 is 0 Å². The molecule has 1 fully saturated rings. The van der Waals surface area contributed by atoms with Gasteiger partial charge in [0.25, 0.3) is 0 Å². The minimum Gasteiger partial charge on any atom is -0.330 e. The third-order valence-electron chi connectivity index (χ3n) is 3.24. The lowest BCUT2D eigenvalue weighted by Crippen LogP contribution is -2.36. The number of nitrogens with two attached hydrogens (primary N) is 1. The normalized spacial score (nSPS) is 33.2. The van der Waals surface area contributed by atoms with E-state index in [1.807, 2.05) is 0 Å². The van der Waals surface area contributed by atoms with Gasteiger partial charge in [-0.15, -0.1) is 0 Å². The summed E-state index contributed by atoms with van der Waals surface area (Å²) >= 11 is 0. The Kier molecular flexibility index (Phi) is 5.49. The standard InChI is InChI=1S/C12H26N2/c1-10-7-11(2)9-12(8-10)14-6-4-3-5-13/h10-12,14H,3-9,13H2,1-2H3. The second-order valence-corrected chi connectivity index (χ2v) is 5.06. The summed E-state index contributed by atoms with van der Waals surface area (Å²) in [5.41, 5.74) is 5.46. The van der Waals surface area contributed by atoms with Crippen molar-refractivity contribution in [1.29, 1.82) is 0 Å². The van der Waals surface area contributed by atoms with E-state index in [1.165, 1.54) is 25.7 Å². The molecule has 14 heavy (non-hydrogen) atoms. The highest BCUT2D eigenvalue weighted by molar-refractivity contribution is 4.79. The highest BCUT2D eigenvalue weighted by atomic mass is 14.9. The Labute approximate surface area is 88.6 Å². The first kappa shape index (κ1) is 12.0.